The van der Waals surface area contributed by atoms with E-state index in [1.54, 1.807) is 12.4 Å². The maximum absolute atomic E-state index is 12.9. The standard InChI is InChI=1S/C23H23N5O/c29-23(25-12-8-17-6-10-24-11-7-17)19-15-22(28-13-2-1-3-21(19)28)20-9-14-27(26-20)16-18-4-5-18/h1-3,6-7,9-11,13-15,18H,4-5,8,12,16H2,(H,25,29). The Hall–Kier alpha value is -3.41. The molecule has 0 spiro atoms. The monoisotopic (exact) mass is 385 g/mol. The van der Waals surface area contributed by atoms with Crippen molar-refractivity contribution in [2.24, 2.45) is 5.92 Å². The van der Waals surface area contributed by atoms with Gasteiger partial charge in [-0.25, -0.2) is 0 Å². The highest BCUT2D eigenvalue weighted by Gasteiger charge is 2.23. The van der Waals surface area contributed by atoms with E-state index in [-0.39, 0.29) is 5.91 Å². The van der Waals surface area contributed by atoms with Crippen molar-refractivity contribution < 1.29 is 4.79 Å². The molecule has 0 aromatic carbocycles. The quantitative estimate of drug-likeness (QED) is 0.529. The van der Waals surface area contributed by atoms with Gasteiger partial charge in [-0.3, -0.25) is 14.5 Å². The zero-order valence-corrected chi connectivity index (χ0v) is 16.2. The molecule has 1 fully saturated rings. The number of pyridine rings is 2. The minimum absolute atomic E-state index is 0.0635. The molecule has 146 valence electrons. The molecule has 1 saturated carbocycles. The highest BCUT2D eigenvalue weighted by Crippen LogP contribution is 2.31. The topological polar surface area (TPSA) is 64.2 Å². The molecule has 0 atom stereocenters. The lowest BCUT2D eigenvalue weighted by Gasteiger charge is -2.04. The van der Waals surface area contributed by atoms with Crippen LogP contribution in [0.1, 0.15) is 28.8 Å². The molecule has 0 saturated heterocycles. The molecule has 1 amide bonds. The summed E-state index contributed by atoms with van der Waals surface area (Å²) >= 11 is 0. The summed E-state index contributed by atoms with van der Waals surface area (Å²) in [5, 5.41) is 7.79. The molecule has 1 aliphatic carbocycles. The third-order valence-electron chi connectivity index (χ3n) is 5.41. The fourth-order valence-electron chi connectivity index (χ4n) is 3.66. The van der Waals surface area contributed by atoms with Crippen molar-refractivity contribution in [3.63, 3.8) is 0 Å². The van der Waals surface area contributed by atoms with E-state index in [1.165, 1.54) is 12.8 Å². The van der Waals surface area contributed by atoms with Crippen LogP contribution in [0.5, 0.6) is 0 Å². The van der Waals surface area contributed by atoms with E-state index in [4.69, 9.17) is 5.10 Å². The summed E-state index contributed by atoms with van der Waals surface area (Å²) in [5.74, 6) is 0.708. The Morgan fingerprint density at radius 3 is 2.79 bits per heavy atom. The van der Waals surface area contributed by atoms with Gasteiger partial charge < -0.3 is 9.72 Å². The van der Waals surface area contributed by atoms with Crippen LogP contribution >= 0.6 is 0 Å². The number of amides is 1. The zero-order chi connectivity index (χ0) is 19.6. The van der Waals surface area contributed by atoms with Gasteiger partial charge in [-0.2, -0.15) is 5.10 Å². The predicted octanol–water partition coefficient (Wildman–Crippen LogP) is 3.58. The molecule has 4 heterocycles. The molecule has 4 aromatic rings. The molecule has 0 bridgehead atoms. The lowest BCUT2D eigenvalue weighted by atomic mass is 10.2. The first kappa shape index (κ1) is 17.7. The summed E-state index contributed by atoms with van der Waals surface area (Å²) in [6.45, 7) is 1.56. The van der Waals surface area contributed by atoms with E-state index in [0.717, 1.165) is 41.4 Å². The Kier molecular flexibility index (Phi) is 4.60. The molecule has 0 radical (unpaired) electrons. The van der Waals surface area contributed by atoms with Crippen LogP contribution in [0.15, 0.2) is 67.3 Å². The Labute approximate surface area is 169 Å². The lowest BCUT2D eigenvalue weighted by molar-refractivity contribution is 0.0956. The van der Waals surface area contributed by atoms with Gasteiger partial charge in [-0.1, -0.05) is 6.07 Å². The van der Waals surface area contributed by atoms with Crippen LogP contribution in [0.4, 0.5) is 0 Å². The molecule has 0 unspecified atom stereocenters. The first-order valence-corrected chi connectivity index (χ1v) is 10.1. The molecule has 4 aromatic heterocycles. The number of carbonyl (C=O) groups is 1. The van der Waals surface area contributed by atoms with Crippen LogP contribution in [0.2, 0.25) is 0 Å². The number of hydrogen-bond acceptors (Lipinski definition) is 3. The van der Waals surface area contributed by atoms with E-state index in [0.29, 0.717) is 12.1 Å². The van der Waals surface area contributed by atoms with Gasteiger partial charge in [0, 0.05) is 37.9 Å². The average Bonchev–Trinajstić information content (AvgIpc) is 3.30. The molecule has 5 rings (SSSR count). The van der Waals surface area contributed by atoms with E-state index in [2.05, 4.69) is 10.3 Å². The maximum atomic E-state index is 12.9. The first-order chi connectivity index (χ1) is 14.3. The summed E-state index contributed by atoms with van der Waals surface area (Å²) in [6, 6.07) is 13.8. The fourth-order valence-corrected chi connectivity index (χ4v) is 3.66. The smallest absolute Gasteiger partial charge is 0.253 e. The van der Waals surface area contributed by atoms with Gasteiger partial charge in [0.2, 0.25) is 0 Å². The Morgan fingerprint density at radius 2 is 1.97 bits per heavy atom. The van der Waals surface area contributed by atoms with Crippen molar-refractivity contribution in [2.75, 3.05) is 6.54 Å². The molecular weight excluding hydrogens is 362 g/mol. The van der Waals surface area contributed by atoms with Gasteiger partial charge in [0.05, 0.1) is 16.8 Å². The van der Waals surface area contributed by atoms with Crippen LogP contribution in [0, 0.1) is 5.92 Å². The number of rotatable bonds is 7. The number of nitrogens with one attached hydrogen (secondary N) is 1. The number of nitrogens with zero attached hydrogens (tertiary/aromatic N) is 4. The molecule has 6 nitrogen and oxygen atoms in total. The van der Waals surface area contributed by atoms with Crippen molar-refractivity contribution >= 4 is 11.4 Å². The van der Waals surface area contributed by atoms with E-state index >= 15 is 0 Å². The van der Waals surface area contributed by atoms with E-state index in [1.807, 2.05) is 63.9 Å². The summed E-state index contributed by atoms with van der Waals surface area (Å²) in [6.07, 6.45) is 10.9. The second kappa shape index (κ2) is 7.54. The predicted molar refractivity (Wildman–Crippen MR) is 112 cm³/mol. The zero-order valence-electron chi connectivity index (χ0n) is 16.2. The molecule has 29 heavy (non-hydrogen) atoms. The molecule has 1 N–H and O–H groups in total. The summed E-state index contributed by atoms with van der Waals surface area (Å²) < 4.78 is 4.06. The largest absolute Gasteiger partial charge is 0.352 e. The Bertz CT molecular complexity index is 1140. The second-order valence-corrected chi connectivity index (χ2v) is 7.63. The van der Waals surface area contributed by atoms with Gasteiger partial charge in [0.1, 0.15) is 5.69 Å². The van der Waals surface area contributed by atoms with Gasteiger partial charge >= 0.3 is 0 Å². The normalized spacial score (nSPS) is 13.7. The van der Waals surface area contributed by atoms with Crippen LogP contribution in [-0.4, -0.2) is 31.6 Å². The summed E-state index contributed by atoms with van der Waals surface area (Å²) in [4.78, 5) is 16.9. The maximum Gasteiger partial charge on any atom is 0.253 e. The van der Waals surface area contributed by atoms with Crippen molar-refractivity contribution in [2.45, 2.75) is 25.8 Å². The van der Waals surface area contributed by atoms with Crippen LogP contribution in [0.3, 0.4) is 0 Å². The molecular formula is C23H23N5O. The Balaban J connectivity index is 1.37. The van der Waals surface area contributed by atoms with E-state index in [9.17, 15) is 4.79 Å². The molecule has 0 aliphatic heterocycles. The highest BCUT2D eigenvalue weighted by atomic mass is 16.1. The van der Waals surface area contributed by atoms with Gasteiger partial charge in [-0.15, -0.1) is 0 Å². The highest BCUT2D eigenvalue weighted by molar-refractivity contribution is 6.02. The van der Waals surface area contributed by atoms with Crippen molar-refractivity contribution in [1.29, 1.82) is 0 Å². The molecule has 6 heteroatoms. The summed E-state index contributed by atoms with van der Waals surface area (Å²) in [7, 11) is 0. The van der Waals surface area contributed by atoms with Gasteiger partial charge in [0.25, 0.3) is 5.91 Å². The van der Waals surface area contributed by atoms with Gasteiger partial charge in [0.15, 0.2) is 0 Å². The average molecular weight is 385 g/mol. The lowest BCUT2D eigenvalue weighted by Crippen LogP contribution is -2.25. The van der Waals surface area contributed by atoms with Crippen molar-refractivity contribution in [3.05, 3.63) is 78.4 Å². The van der Waals surface area contributed by atoms with Gasteiger partial charge in [-0.05, 0) is 67.1 Å². The number of aromatic nitrogens is 4. The first-order valence-electron chi connectivity index (χ1n) is 10.1. The number of hydrogen-bond donors (Lipinski definition) is 1. The van der Waals surface area contributed by atoms with Crippen molar-refractivity contribution in [3.8, 4) is 11.4 Å². The minimum Gasteiger partial charge on any atom is -0.352 e. The number of carbonyl (C=O) groups excluding carboxylic acids is 1. The number of fused-ring (bicyclic) bond motifs is 1. The SMILES string of the molecule is O=C(NCCc1ccncc1)c1cc(-c2ccn(CC3CC3)n2)n2ccccc12. The van der Waals surface area contributed by atoms with Crippen molar-refractivity contribution in [1.82, 2.24) is 24.5 Å². The van der Waals surface area contributed by atoms with Crippen LogP contribution in [-0.2, 0) is 13.0 Å². The van der Waals surface area contributed by atoms with Crippen LogP contribution < -0.4 is 5.32 Å². The minimum atomic E-state index is -0.0635. The Morgan fingerprint density at radius 1 is 1.10 bits per heavy atom. The molecule has 1 aliphatic rings. The second-order valence-electron chi connectivity index (χ2n) is 7.63. The van der Waals surface area contributed by atoms with Crippen LogP contribution in [0.25, 0.3) is 16.9 Å². The third kappa shape index (κ3) is 3.78. The third-order valence-corrected chi connectivity index (χ3v) is 5.41. The fraction of sp³-hybridized carbons (Fsp3) is 0.261. The summed E-state index contributed by atoms with van der Waals surface area (Å²) in [5.41, 5.74) is 4.55. The van der Waals surface area contributed by atoms with E-state index < -0.39 is 0 Å².